The lowest BCUT2D eigenvalue weighted by Crippen LogP contribution is -2.34. The Morgan fingerprint density at radius 3 is 2.81 bits per heavy atom. The zero-order chi connectivity index (χ0) is 15.4. The second-order valence-electron chi connectivity index (χ2n) is 4.85. The molecule has 2 heterocycles. The predicted molar refractivity (Wildman–Crippen MR) is 82.3 cm³/mol. The first-order valence-corrected chi connectivity index (χ1v) is 7.75. The molecule has 0 aliphatic rings. The lowest BCUT2D eigenvalue weighted by Gasteiger charge is -2.20. The number of thiazole rings is 1. The fourth-order valence-electron chi connectivity index (χ4n) is 2.10. The van der Waals surface area contributed by atoms with E-state index >= 15 is 0 Å². The lowest BCUT2D eigenvalue weighted by molar-refractivity contribution is 0.0726. The lowest BCUT2D eigenvalue weighted by atomic mass is 10.3. The molecule has 2 aromatic heterocycles. The minimum absolute atomic E-state index is 0.0287. The van der Waals surface area contributed by atoms with Crippen LogP contribution in [0.5, 0.6) is 0 Å². The number of aryl methyl sites for hydroxylation is 2. The number of rotatable bonds is 6. The first kappa shape index (κ1) is 15.7. The molecule has 0 spiro atoms. The molecule has 0 saturated carbocycles. The maximum absolute atomic E-state index is 12.6. The van der Waals surface area contributed by atoms with Crippen LogP contribution in [0.3, 0.4) is 0 Å². The zero-order valence-corrected chi connectivity index (χ0v) is 13.4. The molecule has 0 bridgehead atoms. The van der Waals surface area contributed by atoms with Crippen molar-refractivity contribution in [2.75, 3.05) is 19.7 Å². The van der Waals surface area contributed by atoms with Crippen molar-refractivity contribution in [2.24, 2.45) is 7.05 Å². The van der Waals surface area contributed by atoms with E-state index in [0.717, 1.165) is 22.7 Å². The second-order valence-corrected chi connectivity index (χ2v) is 5.85. The van der Waals surface area contributed by atoms with E-state index in [0.29, 0.717) is 18.0 Å². The monoisotopic (exact) mass is 308 g/mol. The van der Waals surface area contributed by atoms with E-state index in [1.807, 2.05) is 27.1 Å². The summed E-state index contributed by atoms with van der Waals surface area (Å²) >= 11 is 1.38. The van der Waals surface area contributed by atoms with Crippen LogP contribution >= 0.6 is 11.3 Å². The topological polar surface area (TPSA) is 71.2 Å². The van der Waals surface area contributed by atoms with Crippen LogP contribution in [0, 0.1) is 6.92 Å². The average molecular weight is 308 g/mol. The van der Waals surface area contributed by atoms with E-state index in [2.05, 4.69) is 10.1 Å². The van der Waals surface area contributed by atoms with Crippen LogP contribution in [0.4, 0.5) is 0 Å². The molecule has 7 heteroatoms. The SMILES string of the molecule is CCCN(CCO)C(=O)c1sc(-c2cnn(C)c2)nc1C. The van der Waals surface area contributed by atoms with Gasteiger partial charge in [-0.3, -0.25) is 9.48 Å². The van der Waals surface area contributed by atoms with Gasteiger partial charge in [0.25, 0.3) is 5.91 Å². The fourth-order valence-corrected chi connectivity index (χ4v) is 3.11. The third-order valence-electron chi connectivity index (χ3n) is 3.09. The van der Waals surface area contributed by atoms with Crippen molar-refractivity contribution in [1.29, 1.82) is 0 Å². The van der Waals surface area contributed by atoms with Crippen LogP contribution < -0.4 is 0 Å². The summed E-state index contributed by atoms with van der Waals surface area (Å²) in [6.07, 6.45) is 4.48. The third-order valence-corrected chi connectivity index (χ3v) is 4.29. The molecule has 0 atom stereocenters. The maximum atomic E-state index is 12.6. The molecule has 0 aliphatic carbocycles. The molecule has 0 aliphatic heterocycles. The number of aromatic nitrogens is 3. The highest BCUT2D eigenvalue weighted by molar-refractivity contribution is 7.17. The molecule has 6 nitrogen and oxygen atoms in total. The van der Waals surface area contributed by atoms with Crippen LogP contribution in [0.2, 0.25) is 0 Å². The molecule has 2 rings (SSSR count). The molecule has 0 fully saturated rings. The Labute approximate surface area is 128 Å². The predicted octanol–water partition coefficient (Wildman–Crippen LogP) is 1.70. The first-order valence-electron chi connectivity index (χ1n) is 6.93. The summed E-state index contributed by atoms with van der Waals surface area (Å²) in [6.45, 7) is 4.81. The summed E-state index contributed by atoms with van der Waals surface area (Å²) in [5.74, 6) is -0.0592. The summed E-state index contributed by atoms with van der Waals surface area (Å²) < 4.78 is 1.71. The number of aliphatic hydroxyl groups is 1. The van der Waals surface area contributed by atoms with E-state index in [1.165, 1.54) is 11.3 Å². The highest BCUT2D eigenvalue weighted by Crippen LogP contribution is 2.28. The molecule has 1 amide bonds. The van der Waals surface area contributed by atoms with Gasteiger partial charge in [-0.25, -0.2) is 4.98 Å². The van der Waals surface area contributed by atoms with Gasteiger partial charge < -0.3 is 10.0 Å². The van der Waals surface area contributed by atoms with E-state index in [-0.39, 0.29) is 12.5 Å². The summed E-state index contributed by atoms with van der Waals surface area (Å²) in [5, 5.41) is 14.0. The minimum Gasteiger partial charge on any atom is -0.395 e. The van der Waals surface area contributed by atoms with Gasteiger partial charge in [-0.1, -0.05) is 6.92 Å². The Morgan fingerprint density at radius 1 is 1.48 bits per heavy atom. The fraction of sp³-hybridized carbons (Fsp3) is 0.500. The maximum Gasteiger partial charge on any atom is 0.265 e. The summed E-state index contributed by atoms with van der Waals surface area (Å²) in [7, 11) is 1.85. The number of carbonyl (C=O) groups is 1. The smallest absolute Gasteiger partial charge is 0.265 e. The zero-order valence-electron chi connectivity index (χ0n) is 12.5. The van der Waals surface area contributed by atoms with Gasteiger partial charge >= 0.3 is 0 Å². The number of amides is 1. The van der Waals surface area contributed by atoms with Gasteiger partial charge in [-0.15, -0.1) is 11.3 Å². The van der Waals surface area contributed by atoms with Crippen LogP contribution in [-0.4, -0.2) is 50.4 Å². The first-order chi connectivity index (χ1) is 10.1. The summed E-state index contributed by atoms with van der Waals surface area (Å²) in [4.78, 5) is 19.3. The van der Waals surface area contributed by atoms with Gasteiger partial charge in [0.2, 0.25) is 0 Å². The van der Waals surface area contributed by atoms with Gasteiger partial charge in [0.05, 0.1) is 18.5 Å². The van der Waals surface area contributed by atoms with Gasteiger partial charge in [-0.2, -0.15) is 5.10 Å². The van der Waals surface area contributed by atoms with Gasteiger partial charge in [0, 0.05) is 31.9 Å². The minimum atomic E-state index is -0.0592. The molecule has 0 saturated heterocycles. The van der Waals surface area contributed by atoms with Gasteiger partial charge in [0.1, 0.15) is 9.88 Å². The molecule has 2 aromatic rings. The van der Waals surface area contributed by atoms with Crippen molar-refractivity contribution in [1.82, 2.24) is 19.7 Å². The van der Waals surface area contributed by atoms with E-state index in [9.17, 15) is 4.79 Å². The molecule has 0 aromatic carbocycles. The molecule has 114 valence electrons. The van der Waals surface area contributed by atoms with Crippen molar-refractivity contribution < 1.29 is 9.90 Å². The van der Waals surface area contributed by atoms with E-state index in [1.54, 1.807) is 15.8 Å². The highest BCUT2D eigenvalue weighted by Gasteiger charge is 2.21. The number of nitrogens with zero attached hydrogens (tertiary/aromatic N) is 4. The van der Waals surface area contributed by atoms with Crippen LogP contribution in [0.25, 0.3) is 10.6 Å². The molecule has 0 unspecified atom stereocenters. The van der Waals surface area contributed by atoms with Crippen LogP contribution in [0.1, 0.15) is 28.7 Å². The Balaban J connectivity index is 2.27. The van der Waals surface area contributed by atoms with E-state index < -0.39 is 0 Å². The highest BCUT2D eigenvalue weighted by atomic mass is 32.1. The van der Waals surface area contributed by atoms with Crippen molar-refractivity contribution in [2.45, 2.75) is 20.3 Å². The molecular formula is C14H20N4O2S. The Morgan fingerprint density at radius 2 is 2.24 bits per heavy atom. The number of hydrogen-bond acceptors (Lipinski definition) is 5. The molecule has 1 N–H and O–H groups in total. The largest absolute Gasteiger partial charge is 0.395 e. The summed E-state index contributed by atoms with van der Waals surface area (Å²) in [5.41, 5.74) is 1.64. The second kappa shape index (κ2) is 6.82. The number of carbonyl (C=O) groups excluding carboxylic acids is 1. The van der Waals surface area contributed by atoms with Crippen molar-refractivity contribution in [3.05, 3.63) is 23.0 Å². The normalized spacial score (nSPS) is 10.9. The third kappa shape index (κ3) is 3.48. The molecule has 0 radical (unpaired) electrons. The quantitative estimate of drug-likeness (QED) is 0.881. The Kier molecular flexibility index (Phi) is 5.08. The molecule has 21 heavy (non-hydrogen) atoms. The van der Waals surface area contributed by atoms with Crippen molar-refractivity contribution in [3.63, 3.8) is 0 Å². The Hall–Kier alpha value is -1.73. The average Bonchev–Trinajstić information content (AvgIpc) is 3.04. The molecular weight excluding hydrogens is 288 g/mol. The summed E-state index contributed by atoms with van der Waals surface area (Å²) in [6, 6.07) is 0. The van der Waals surface area contributed by atoms with E-state index in [4.69, 9.17) is 5.11 Å². The number of aliphatic hydroxyl groups excluding tert-OH is 1. The van der Waals surface area contributed by atoms with Crippen molar-refractivity contribution in [3.8, 4) is 10.6 Å². The van der Waals surface area contributed by atoms with Crippen LogP contribution in [-0.2, 0) is 7.05 Å². The number of hydrogen-bond donors (Lipinski definition) is 1. The standard InChI is InChI=1S/C14H20N4O2S/c1-4-5-18(6-7-19)14(20)12-10(2)16-13(21-12)11-8-15-17(3)9-11/h8-9,19H,4-7H2,1-3H3. The Bertz CT molecular complexity index is 614. The van der Waals surface area contributed by atoms with Crippen LogP contribution in [0.15, 0.2) is 12.4 Å². The van der Waals surface area contributed by atoms with Gasteiger partial charge in [0.15, 0.2) is 0 Å². The van der Waals surface area contributed by atoms with Crippen molar-refractivity contribution >= 4 is 17.2 Å². The van der Waals surface area contributed by atoms with Gasteiger partial charge in [-0.05, 0) is 13.3 Å².